The van der Waals surface area contributed by atoms with E-state index < -0.39 is 32.3 Å². The van der Waals surface area contributed by atoms with Crippen molar-refractivity contribution >= 4 is 20.0 Å². The minimum absolute atomic E-state index is 0.0629. The summed E-state index contributed by atoms with van der Waals surface area (Å²) in [5, 5.41) is 31.7. The minimum atomic E-state index is -3.91. The molecule has 0 bridgehead atoms. The van der Waals surface area contributed by atoms with Gasteiger partial charge in [0.1, 0.15) is 11.5 Å². The number of benzene rings is 2. The molecule has 16 heteroatoms. The highest BCUT2D eigenvalue weighted by molar-refractivity contribution is 7.89. The molecule has 0 saturated carbocycles. The van der Waals surface area contributed by atoms with Gasteiger partial charge in [0, 0.05) is 25.5 Å². The molecular weight excluding hydrogens is 636 g/mol. The van der Waals surface area contributed by atoms with Crippen LogP contribution in [0.25, 0.3) is 0 Å². The van der Waals surface area contributed by atoms with Crippen molar-refractivity contribution in [3.8, 4) is 11.5 Å². The molecule has 252 valence electrons. The van der Waals surface area contributed by atoms with Crippen molar-refractivity contribution in [2.45, 2.75) is 75.1 Å². The van der Waals surface area contributed by atoms with Crippen LogP contribution in [0.1, 0.15) is 50.9 Å². The molecule has 0 saturated heterocycles. The van der Waals surface area contributed by atoms with Crippen LogP contribution in [0.15, 0.2) is 83.1 Å². The number of ether oxygens (including phenoxy) is 2. The number of primary sulfonamides is 1. The molecular formula is C30H42N6O8S2. The summed E-state index contributed by atoms with van der Waals surface area (Å²) in [6.07, 6.45) is 1.77. The maximum Gasteiger partial charge on any atom is 0.262 e. The van der Waals surface area contributed by atoms with E-state index in [2.05, 4.69) is 10.2 Å². The number of aliphatic hydroxyl groups excluding tert-OH is 2. The molecule has 0 aliphatic carbocycles. The largest absolute Gasteiger partial charge is 0.497 e. The summed E-state index contributed by atoms with van der Waals surface area (Å²) < 4.78 is 63.4. The highest BCUT2D eigenvalue weighted by Crippen LogP contribution is 2.23. The predicted molar refractivity (Wildman–Crippen MR) is 171 cm³/mol. The summed E-state index contributed by atoms with van der Waals surface area (Å²) in [6, 6.07) is 16.7. The number of nitrogens with zero attached hydrogens (tertiary/aromatic N) is 5. The van der Waals surface area contributed by atoms with Crippen molar-refractivity contribution in [3.63, 3.8) is 0 Å². The second kappa shape index (κ2) is 15.7. The van der Waals surface area contributed by atoms with Crippen LogP contribution in [0.2, 0.25) is 0 Å². The van der Waals surface area contributed by atoms with Gasteiger partial charge in [-0.3, -0.25) is 9.36 Å². The molecule has 4 atom stereocenters. The SMILES string of the molecule is CC(O)C(C)n1ccc(S(N)(=O)=O)n1.COc1ccc(CN(Cc2ccc(OC)cc2)S(=O)(=O)c2ccn(C(C)C(C)O)n2)cc1. The maximum atomic E-state index is 13.5. The molecule has 0 amide bonds. The van der Waals surface area contributed by atoms with Crippen LogP contribution in [0.3, 0.4) is 0 Å². The van der Waals surface area contributed by atoms with E-state index in [0.717, 1.165) is 11.1 Å². The van der Waals surface area contributed by atoms with Gasteiger partial charge in [-0.15, -0.1) is 0 Å². The van der Waals surface area contributed by atoms with Crippen molar-refractivity contribution < 1.29 is 36.5 Å². The summed E-state index contributed by atoms with van der Waals surface area (Å²) in [5.74, 6) is 1.40. The van der Waals surface area contributed by atoms with Gasteiger partial charge in [-0.25, -0.2) is 22.0 Å². The Labute approximate surface area is 270 Å². The lowest BCUT2D eigenvalue weighted by atomic mass is 10.2. The van der Waals surface area contributed by atoms with E-state index in [4.69, 9.17) is 14.6 Å². The molecule has 4 unspecified atom stereocenters. The lowest BCUT2D eigenvalue weighted by molar-refractivity contribution is 0.131. The summed E-state index contributed by atoms with van der Waals surface area (Å²) in [5.41, 5.74) is 1.64. The molecule has 4 N–H and O–H groups in total. The molecule has 2 aromatic heterocycles. The Morgan fingerprint density at radius 1 is 0.696 bits per heavy atom. The van der Waals surface area contributed by atoms with Crippen LogP contribution >= 0.6 is 0 Å². The van der Waals surface area contributed by atoms with Gasteiger partial charge in [0.15, 0.2) is 10.1 Å². The van der Waals surface area contributed by atoms with Crippen molar-refractivity contribution in [1.29, 1.82) is 0 Å². The molecule has 2 aromatic carbocycles. The third kappa shape index (κ3) is 9.60. The fraction of sp³-hybridized carbons (Fsp3) is 0.400. The normalized spacial score (nSPS) is 14.6. The molecule has 4 rings (SSSR count). The number of aromatic nitrogens is 4. The second-order valence-electron chi connectivity index (χ2n) is 10.7. The molecule has 46 heavy (non-hydrogen) atoms. The van der Waals surface area contributed by atoms with E-state index in [1.807, 2.05) is 24.3 Å². The highest BCUT2D eigenvalue weighted by atomic mass is 32.2. The first-order valence-corrected chi connectivity index (χ1v) is 17.3. The summed E-state index contributed by atoms with van der Waals surface area (Å²) in [7, 11) is -4.50. The van der Waals surface area contributed by atoms with Crippen molar-refractivity contribution in [1.82, 2.24) is 23.9 Å². The highest BCUT2D eigenvalue weighted by Gasteiger charge is 2.28. The Kier molecular flexibility index (Phi) is 12.5. The fourth-order valence-electron chi connectivity index (χ4n) is 4.05. The van der Waals surface area contributed by atoms with E-state index in [1.54, 1.807) is 72.4 Å². The van der Waals surface area contributed by atoms with Crippen LogP contribution < -0.4 is 14.6 Å². The predicted octanol–water partition coefficient (Wildman–Crippen LogP) is 2.71. The molecule has 4 aromatic rings. The average molecular weight is 679 g/mol. The number of hydrogen-bond acceptors (Lipinski definition) is 10. The zero-order valence-corrected chi connectivity index (χ0v) is 28.3. The van der Waals surface area contributed by atoms with Crippen LogP contribution in [0, 0.1) is 0 Å². The van der Waals surface area contributed by atoms with E-state index in [-0.39, 0.29) is 35.2 Å². The first kappa shape index (κ1) is 36.7. The standard InChI is InChI=1S/C23H29N3O5S.C7H13N3O3S/c1-17(18(2)27)26-14-13-23(24-26)32(28,29)25(15-19-5-9-21(30-3)10-6-19)16-20-7-11-22(31-4)12-8-20;1-5(6(2)11)10-4-3-7(9-10)14(8,12)13/h5-14,17-18,27H,15-16H2,1-4H3;3-6,11H,1-2H3,(H2,8,12,13). The molecule has 0 spiro atoms. The monoisotopic (exact) mass is 678 g/mol. The van der Waals surface area contributed by atoms with Gasteiger partial charge in [0.05, 0.1) is 38.5 Å². The number of aliphatic hydroxyl groups is 2. The van der Waals surface area contributed by atoms with Crippen molar-refractivity contribution in [2.24, 2.45) is 5.14 Å². The third-order valence-electron chi connectivity index (χ3n) is 7.33. The zero-order valence-electron chi connectivity index (χ0n) is 26.6. The van der Waals surface area contributed by atoms with E-state index >= 15 is 0 Å². The summed E-state index contributed by atoms with van der Waals surface area (Å²) in [6.45, 7) is 7.07. The fourth-order valence-corrected chi connectivity index (χ4v) is 5.85. The van der Waals surface area contributed by atoms with Gasteiger partial charge in [0.25, 0.3) is 20.0 Å². The number of nitrogens with two attached hydrogens (primary N) is 1. The maximum absolute atomic E-state index is 13.5. The van der Waals surface area contributed by atoms with Gasteiger partial charge in [-0.05, 0) is 75.2 Å². The number of hydrogen-bond donors (Lipinski definition) is 3. The molecule has 0 aliphatic heterocycles. The number of sulfonamides is 2. The molecule has 2 heterocycles. The summed E-state index contributed by atoms with van der Waals surface area (Å²) in [4.78, 5) is 0. The lowest BCUT2D eigenvalue weighted by Crippen LogP contribution is -2.31. The molecule has 14 nitrogen and oxygen atoms in total. The second-order valence-corrected chi connectivity index (χ2v) is 14.1. The van der Waals surface area contributed by atoms with Crippen LogP contribution in [-0.2, 0) is 33.1 Å². The Balaban J connectivity index is 0.000000344. The van der Waals surface area contributed by atoms with Crippen molar-refractivity contribution in [2.75, 3.05) is 14.2 Å². The van der Waals surface area contributed by atoms with E-state index in [1.165, 1.54) is 32.0 Å². The average Bonchev–Trinajstić information content (AvgIpc) is 3.72. The van der Waals surface area contributed by atoms with Gasteiger partial charge >= 0.3 is 0 Å². The van der Waals surface area contributed by atoms with Gasteiger partial charge < -0.3 is 19.7 Å². The number of methoxy groups -OCH3 is 2. The third-order valence-corrected chi connectivity index (χ3v) is 9.82. The van der Waals surface area contributed by atoms with Crippen LogP contribution in [-0.4, -0.2) is 77.3 Å². The van der Waals surface area contributed by atoms with Gasteiger partial charge in [-0.2, -0.15) is 14.5 Å². The first-order chi connectivity index (χ1) is 21.6. The van der Waals surface area contributed by atoms with Gasteiger partial charge in [0.2, 0.25) is 0 Å². The smallest absolute Gasteiger partial charge is 0.262 e. The Morgan fingerprint density at radius 3 is 1.39 bits per heavy atom. The lowest BCUT2D eigenvalue weighted by Gasteiger charge is -2.22. The topological polar surface area (TPSA) is 192 Å². The minimum Gasteiger partial charge on any atom is -0.497 e. The Hall–Kier alpha value is -3.80. The molecule has 0 fully saturated rings. The Morgan fingerprint density at radius 2 is 1.07 bits per heavy atom. The van der Waals surface area contributed by atoms with Gasteiger partial charge in [-0.1, -0.05) is 24.3 Å². The molecule has 0 radical (unpaired) electrons. The van der Waals surface area contributed by atoms with Crippen molar-refractivity contribution in [3.05, 3.63) is 84.2 Å². The summed E-state index contributed by atoms with van der Waals surface area (Å²) >= 11 is 0. The molecule has 0 aliphatic rings. The first-order valence-electron chi connectivity index (χ1n) is 14.3. The zero-order chi connectivity index (χ0) is 34.2. The number of rotatable bonds is 13. The van der Waals surface area contributed by atoms with E-state index in [9.17, 15) is 27.0 Å². The quantitative estimate of drug-likeness (QED) is 0.189. The Bertz CT molecular complexity index is 1700. The van der Waals surface area contributed by atoms with E-state index in [0.29, 0.717) is 11.5 Å². The van der Waals surface area contributed by atoms with Crippen LogP contribution in [0.5, 0.6) is 11.5 Å². The van der Waals surface area contributed by atoms with Crippen LogP contribution in [0.4, 0.5) is 0 Å².